The number of carbonyl (C=O) groups excluding carboxylic acids is 1. The first-order valence-electron chi connectivity index (χ1n) is 12.6. The van der Waals surface area contributed by atoms with Crippen LogP contribution in [0, 0.1) is 0 Å². The van der Waals surface area contributed by atoms with Crippen LogP contribution in [0.5, 0.6) is 5.75 Å². The number of hydrogen-bond donors (Lipinski definition) is 0. The monoisotopic (exact) mass is 554 g/mol. The molecule has 1 heterocycles. The van der Waals surface area contributed by atoms with Crippen molar-refractivity contribution < 1.29 is 22.7 Å². The number of unbranched alkanes of at least 4 members (excludes halogenated alkanes) is 1. The number of esters is 1. The molecule has 1 atom stereocenters. The molecule has 0 spiro atoms. The zero-order valence-electron chi connectivity index (χ0n) is 22.2. The van der Waals surface area contributed by atoms with Crippen molar-refractivity contribution in [2.75, 3.05) is 31.9 Å². The van der Waals surface area contributed by atoms with Gasteiger partial charge in [-0.05, 0) is 54.6 Å². The van der Waals surface area contributed by atoms with E-state index in [1.54, 1.807) is 11.4 Å². The predicted molar refractivity (Wildman–Crippen MR) is 152 cm³/mol. The second kappa shape index (κ2) is 12.2. The van der Waals surface area contributed by atoms with Gasteiger partial charge in [-0.25, -0.2) is 13.2 Å². The molecule has 7 nitrogen and oxygen atoms in total. The summed E-state index contributed by atoms with van der Waals surface area (Å²) in [4.78, 5) is 15.5. The Kier molecular flexibility index (Phi) is 9.02. The lowest BCUT2D eigenvalue weighted by Gasteiger charge is -2.31. The summed E-state index contributed by atoms with van der Waals surface area (Å²) in [5, 5.41) is 0. The van der Waals surface area contributed by atoms with E-state index in [9.17, 15) is 13.2 Å². The van der Waals surface area contributed by atoms with Gasteiger partial charge >= 0.3 is 5.97 Å². The van der Waals surface area contributed by atoms with Gasteiger partial charge in [0.2, 0.25) is 10.0 Å². The van der Waals surface area contributed by atoms with Gasteiger partial charge in [-0.3, -0.25) is 0 Å². The van der Waals surface area contributed by atoms with Crippen LogP contribution < -0.4 is 9.64 Å². The highest BCUT2D eigenvalue weighted by atomic mass is 32.2. The lowest BCUT2D eigenvalue weighted by molar-refractivity contribution is 0.0596. The minimum atomic E-state index is -4.00. The van der Waals surface area contributed by atoms with Crippen molar-refractivity contribution in [2.24, 2.45) is 0 Å². The molecule has 3 aromatic rings. The van der Waals surface area contributed by atoms with Gasteiger partial charge in [-0.1, -0.05) is 50.1 Å². The van der Waals surface area contributed by atoms with Crippen molar-refractivity contribution in [3.8, 4) is 5.75 Å². The number of rotatable bonds is 9. The van der Waals surface area contributed by atoms with E-state index in [1.165, 1.54) is 24.9 Å². The third-order valence-electron chi connectivity index (χ3n) is 6.82. The van der Waals surface area contributed by atoms with Crippen LogP contribution in [0.4, 0.5) is 11.4 Å². The van der Waals surface area contributed by atoms with E-state index in [2.05, 4.69) is 11.8 Å². The van der Waals surface area contributed by atoms with E-state index in [0.29, 0.717) is 29.3 Å². The highest BCUT2D eigenvalue weighted by molar-refractivity contribution is 7.98. The second-order valence-corrected chi connectivity index (χ2v) is 11.9. The van der Waals surface area contributed by atoms with Gasteiger partial charge in [0.25, 0.3) is 0 Å². The van der Waals surface area contributed by atoms with E-state index in [4.69, 9.17) is 9.47 Å². The van der Waals surface area contributed by atoms with Crippen LogP contribution in [0.25, 0.3) is 0 Å². The topological polar surface area (TPSA) is 76.2 Å². The number of para-hydroxylation sites is 1. The summed E-state index contributed by atoms with van der Waals surface area (Å²) in [6.45, 7) is 2.80. The van der Waals surface area contributed by atoms with E-state index >= 15 is 0 Å². The number of methoxy groups -OCH3 is 2. The summed E-state index contributed by atoms with van der Waals surface area (Å²) in [5.74, 6) is 0.148. The highest BCUT2D eigenvalue weighted by Gasteiger charge is 2.40. The first kappa shape index (κ1) is 28.0. The summed E-state index contributed by atoms with van der Waals surface area (Å²) < 4.78 is 40.9. The predicted octanol–water partition coefficient (Wildman–Crippen LogP) is 6.11. The molecule has 4 rings (SSSR count). The number of anilines is 2. The van der Waals surface area contributed by atoms with Crippen molar-refractivity contribution in [1.29, 1.82) is 0 Å². The Bertz CT molecular complexity index is 1360. The molecule has 1 aliphatic heterocycles. The van der Waals surface area contributed by atoms with Crippen molar-refractivity contribution in [3.63, 3.8) is 0 Å². The molecule has 0 bridgehead atoms. The Morgan fingerprint density at radius 3 is 2.37 bits per heavy atom. The number of benzene rings is 3. The quantitative estimate of drug-likeness (QED) is 0.233. The number of nitrogens with zero attached hydrogens (tertiary/aromatic N) is 2. The number of sulfonamides is 1. The van der Waals surface area contributed by atoms with Crippen LogP contribution in [0.15, 0.2) is 76.5 Å². The second-order valence-electron chi connectivity index (χ2n) is 9.15. The first-order valence-corrected chi connectivity index (χ1v) is 15.3. The minimum absolute atomic E-state index is 0.104. The lowest BCUT2D eigenvalue weighted by atomic mass is 10.1. The van der Waals surface area contributed by atoms with E-state index < -0.39 is 16.0 Å². The van der Waals surface area contributed by atoms with Crippen LogP contribution in [0.1, 0.15) is 42.1 Å². The molecule has 3 aromatic carbocycles. The Morgan fingerprint density at radius 2 is 1.76 bits per heavy atom. The molecule has 38 heavy (non-hydrogen) atoms. The molecule has 0 radical (unpaired) electrons. The Labute approximate surface area is 229 Å². The number of ether oxygens (including phenoxy) is 2. The Balaban J connectivity index is 1.94. The van der Waals surface area contributed by atoms with Crippen molar-refractivity contribution in [2.45, 2.75) is 48.6 Å². The third kappa shape index (κ3) is 5.70. The van der Waals surface area contributed by atoms with Crippen LogP contribution in [0.3, 0.4) is 0 Å². The Hall–Kier alpha value is -3.01. The largest absolute Gasteiger partial charge is 0.497 e. The van der Waals surface area contributed by atoms with Gasteiger partial charge in [0.15, 0.2) is 0 Å². The van der Waals surface area contributed by atoms with E-state index in [0.717, 1.165) is 24.1 Å². The molecule has 0 saturated carbocycles. The van der Waals surface area contributed by atoms with Gasteiger partial charge in [0.1, 0.15) is 10.6 Å². The highest BCUT2D eigenvalue weighted by Crippen LogP contribution is 2.42. The number of fused-ring (bicyclic) bond motifs is 1. The van der Waals surface area contributed by atoms with Crippen LogP contribution in [-0.4, -0.2) is 51.8 Å². The summed E-state index contributed by atoms with van der Waals surface area (Å²) in [7, 11) is -1.09. The van der Waals surface area contributed by atoms with Gasteiger partial charge in [-0.15, -0.1) is 11.8 Å². The number of hydrogen-bond acceptors (Lipinski definition) is 7. The van der Waals surface area contributed by atoms with E-state index in [1.807, 2.05) is 66.9 Å². The van der Waals surface area contributed by atoms with Crippen LogP contribution in [0.2, 0.25) is 0 Å². The first-order chi connectivity index (χ1) is 18.3. The molecule has 0 N–H and O–H groups in total. The van der Waals surface area contributed by atoms with Gasteiger partial charge < -0.3 is 14.4 Å². The molecule has 1 aliphatic rings. The molecule has 0 aliphatic carbocycles. The normalized spacial score (nSPS) is 16.9. The maximum absolute atomic E-state index is 14.5. The summed E-state index contributed by atoms with van der Waals surface area (Å²) >= 11 is 1.39. The van der Waals surface area contributed by atoms with E-state index in [-0.39, 0.29) is 23.0 Å². The SMILES string of the molecule is CCCC[C@@H]1CN(c2ccccc2)c2cc(SC)c(C(=O)OC)cc2S(=O)(=O)N1Cc1ccc(OC)cc1. The lowest BCUT2D eigenvalue weighted by Crippen LogP contribution is -2.43. The number of thioether (sulfide) groups is 1. The van der Waals surface area contributed by atoms with Gasteiger partial charge in [-0.2, -0.15) is 4.31 Å². The maximum Gasteiger partial charge on any atom is 0.339 e. The van der Waals surface area contributed by atoms with Gasteiger partial charge in [0, 0.05) is 29.7 Å². The fraction of sp³-hybridized carbons (Fsp3) is 0.345. The van der Waals surface area contributed by atoms with Crippen molar-refractivity contribution in [1.82, 2.24) is 4.31 Å². The summed E-state index contributed by atoms with van der Waals surface area (Å²) in [6, 6.07) is 20.3. The molecule has 0 unspecified atom stereocenters. The molecule has 0 amide bonds. The number of carbonyl (C=O) groups is 1. The smallest absolute Gasteiger partial charge is 0.339 e. The summed E-state index contributed by atoms with van der Waals surface area (Å²) in [5.41, 5.74) is 2.56. The zero-order valence-corrected chi connectivity index (χ0v) is 23.8. The van der Waals surface area contributed by atoms with Crippen LogP contribution in [-0.2, 0) is 21.3 Å². The molecule has 0 fully saturated rings. The Morgan fingerprint density at radius 1 is 1.05 bits per heavy atom. The molecule has 9 heteroatoms. The fourth-order valence-electron chi connectivity index (χ4n) is 4.78. The molecular formula is C29H34N2O5S2. The average Bonchev–Trinajstić information content (AvgIpc) is 3.03. The standard InChI is InChI=1S/C29H34N2O5S2/c1-5-6-10-23-20-30(22-11-8-7-9-12-22)26-18-27(37-4)25(29(32)36-3)17-28(26)38(33,34)31(23)19-21-13-15-24(35-2)16-14-21/h7-9,11-18,23H,5-6,10,19-20H2,1-4H3/t23-/m1/s1. The average molecular weight is 555 g/mol. The fourth-order valence-corrected chi connectivity index (χ4v) is 7.21. The van der Waals surface area contributed by atoms with Crippen molar-refractivity contribution >= 4 is 39.1 Å². The summed E-state index contributed by atoms with van der Waals surface area (Å²) in [6.07, 6.45) is 4.42. The van der Waals surface area contributed by atoms with Crippen molar-refractivity contribution in [3.05, 3.63) is 77.9 Å². The molecule has 0 saturated heterocycles. The maximum atomic E-state index is 14.5. The van der Waals surface area contributed by atoms with Crippen LogP contribution >= 0.6 is 11.8 Å². The third-order valence-corrected chi connectivity index (χ3v) is 9.53. The molecule has 0 aromatic heterocycles. The zero-order chi connectivity index (χ0) is 27.3. The van der Waals surface area contributed by atoms with Gasteiger partial charge in [0.05, 0.1) is 25.5 Å². The minimum Gasteiger partial charge on any atom is -0.497 e. The molecule has 202 valence electrons. The molecular weight excluding hydrogens is 520 g/mol.